The number of hydrogen-bond donors (Lipinski definition) is 0. The summed E-state index contributed by atoms with van der Waals surface area (Å²) in [4.78, 5) is 16.2. The summed E-state index contributed by atoms with van der Waals surface area (Å²) in [5.41, 5.74) is 3.12. The Morgan fingerprint density at radius 3 is 2.65 bits per heavy atom. The van der Waals surface area contributed by atoms with Gasteiger partial charge in [-0.1, -0.05) is 22.9 Å². The molecule has 0 radical (unpaired) electrons. The van der Waals surface area contributed by atoms with Crippen molar-refractivity contribution in [2.45, 2.75) is 27.2 Å². The van der Waals surface area contributed by atoms with E-state index >= 15 is 0 Å². The molecule has 3 nitrogen and oxygen atoms in total. The summed E-state index contributed by atoms with van der Waals surface area (Å²) in [7, 11) is 1.37. The van der Waals surface area contributed by atoms with Crippen LogP contribution in [0.2, 0.25) is 0 Å². The average molecular weight is 298 g/mol. The van der Waals surface area contributed by atoms with E-state index in [0.717, 1.165) is 22.2 Å². The van der Waals surface area contributed by atoms with Gasteiger partial charge in [-0.2, -0.15) is 0 Å². The SMILES string of the molecule is CCC(C)=Nc1c(C)cc(Br)cc1C(=O)OC. The van der Waals surface area contributed by atoms with Gasteiger partial charge < -0.3 is 4.74 Å². The fourth-order valence-corrected chi connectivity index (χ4v) is 1.99. The van der Waals surface area contributed by atoms with Gasteiger partial charge in [-0.05, 0) is 38.0 Å². The lowest BCUT2D eigenvalue weighted by molar-refractivity contribution is 0.0601. The number of rotatable bonds is 3. The van der Waals surface area contributed by atoms with Gasteiger partial charge in [0.1, 0.15) is 0 Å². The number of methoxy groups -OCH3 is 1. The minimum Gasteiger partial charge on any atom is -0.465 e. The number of aryl methyl sites for hydroxylation is 1. The predicted molar refractivity (Wildman–Crippen MR) is 73.3 cm³/mol. The molecule has 1 aromatic rings. The van der Waals surface area contributed by atoms with Crippen LogP contribution in [-0.4, -0.2) is 18.8 Å². The summed E-state index contributed by atoms with van der Waals surface area (Å²) >= 11 is 3.37. The van der Waals surface area contributed by atoms with Crippen molar-refractivity contribution >= 4 is 33.3 Å². The summed E-state index contributed by atoms with van der Waals surface area (Å²) in [5, 5.41) is 0. The topological polar surface area (TPSA) is 38.7 Å². The first kappa shape index (κ1) is 13.9. The lowest BCUT2D eigenvalue weighted by Crippen LogP contribution is -2.03. The number of ether oxygens (including phenoxy) is 1. The van der Waals surface area contributed by atoms with Crippen LogP contribution in [0.5, 0.6) is 0 Å². The standard InChI is InChI=1S/C13H16BrNO2/c1-5-9(3)15-12-8(2)6-10(14)7-11(12)13(16)17-4/h6-7H,5H2,1-4H3. The number of carbonyl (C=O) groups excluding carboxylic acids is 1. The first-order valence-corrected chi connectivity index (χ1v) is 6.21. The van der Waals surface area contributed by atoms with Crippen LogP contribution in [0.3, 0.4) is 0 Å². The lowest BCUT2D eigenvalue weighted by atomic mass is 10.1. The van der Waals surface area contributed by atoms with E-state index in [9.17, 15) is 4.79 Å². The van der Waals surface area contributed by atoms with E-state index in [0.29, 0.717) is 11.3 Å². The van der Waals surface area contributed by atoms with E-state index in [2.05, 4.69) is 20.9 Å². The minimum absolute atomic E-state index is 0.364. The molecule has 1 rings (SSSR count). The molecule has 0 spiro atoms. The second kappa shape index (κ2) is 5.96. The van der Waals surface area contributed by atoms with Gasteiger partial charge in [0.15, 0.2) is 0 Å². The molecule has 0 atom stereocenters. The molecule has 0 unspecified atom stereocenters. The molecule has 92 valence electrons. The second-order valence-electron chi connectivity index (χ2n) is 3.81. The Balaban J connectivity index is 3.40. The van der Waals surface area contributed by atoms with Crippen LogP contribution in [0.4, 0.5) is 5.69 Å². The van der Waals surface area contributed by atoms with Crippen molar-refractivity contribution in [2.75, 3.05) is 7.11 Å². The first-order valence-electron chi connectivity index (χ1n) is 5.42. The Kier molecular flexibility index (Phi) is 4.87. The third-order valence-corrected chi connectivity index (χ3v) is 2.94. The fraction of sp³-hybridized carbons (Fsp3) is 0.385. The van der Waals surface area contributed by atoms with Gasteiger partial charge in [-0.15, -0.1) is 0 Å². The summed E-state index contributed by atoms with van der Waals surface area (Å²) in [6.07, 6.45) is 0.857. The number of benzene rings is 1. The van der Waals surface area contributed by atoms with Crippen LogP contribution >= 0.6 is 15.9 Å². The van der Waals surface area contributed by atoms with E-state index in [1.54, 1.807) is 6.07 Å². The van der Waals surface area contributed by atoms with Crippen LogP contribution < -0.4 is 0 Å². The van der Waals surface area contributed by atoms with Crippen LogP contribution in [-0.2, 0) is 4.74 Å². The van der Waals surface area contributed by atoms with Crippen molar-refractivity contribution in [1.82, 2.24) is 0 Å². The quantitative estimate of drug-likeness (QED) is 0.624. The Morgan fingerprint density at radius 1 is 1.47 bits per heavy atom. The molecule has 0 amide bonds. The largest absolute Gasteiger partial charge is 0.465 e. The van der Waals surface area contributed by atoms with Gasteiger partial charge in [0.25, 0.3) is 0 Å². The van der Waals surface area contributed by atoms with Gasteiger partial charge in [0, 0.05) is 10.2 Å². The fourth-order valence-electron chi connectivity index (χ4n) is 1.42. The average Bonchev–Trinajstić information content (AvgIpc) is 2.30. The molecule has 0 aliphatic heterocycles. The second-order valence-corrected chi connectivity index (χ2v) is 4.73. The zero-order valence-electron chi connectivity index (χ0n) is 10.5. The third kappa shape index (κ3) is 3.40. The van der Waals surface area contributed by atoms with Crippen molar-refractivity contribution in [1.29, 1.82) is 0 Å². The normalized spacial score (nSPS) is 11.5. The van der Waals surface area contributed by atoms with Crippen molar-refractivity contribution in [2.24, 2.45) is 4.99 Å². The number of carbonyl (C=O) groups is 1. The van der Waals surface area contributed by atoms with Gasteiger partial charge in [-0.25, -0.2) is 4.79 Å². The molecule has 0 aliphatic rings. The molecule has 0 heterocycles. The van der Waals surface area contributed by atoms with Crippen LogP contribution in [0.15, 0.2) is 21.6 Å². The van der Waals surface area contributed by atoms with Crippen molar-refractivity contribution in [3.8, 4) is 0 Å². The van der Waals surface area contributed by atoms with E-state index in [4.69, 9.17) is 4.74 Å². The van der Waals surface area contributed by atoms with E-state index in [1.165, 1.54) is 7.11 Å². The molecule has 0 saturated heterocycles. The monoisotopic (exact) mass is 297 g/mol. The number of esters is 1. The molecular formula is C13H16BrNO2. The highest BCUT2D eigenvalue weighted by molar-refractivity contribution is 9.10. The van der Waals surface area contributed by atoms with Gasteiger partial charge in [0.2, 0.25) is 0 Å². The molecule has 4 heteroatoms. The van der Waals surface area contributed by atoms with Gasteiger partial charge >= 0.3 is 5.97 Å². The molecule has 0 aromatic heterocycles. The molecule has 0 bridgehead atoms. The number of nitrogens with zero attached hydrogens (tertiary/aromatic N) is 1. The smallest absolute Gasteiger partial charge is 0.340 e. The van der Waals surface area contributed by atoms with Gasteiger partial charge in [-0.3, -0.25) is 4.99 Å². The third-order valence-electron chi connectivity index (χ3n) is 2.48. The first-order chi connectivity index (χ1) is 7.99. The molecule has 17 heavy (non-hydrogen) atoms. The van der Waals surface area contributed by atoms with E-state index in [1.807, 2.05) is 26.8 Å². The molecule has 0 saturated carbocycles. The molecular weight excluding hydrogens is 282 g/mol. The van der Waals surface area contributed by atoms with Crippen LogP contribution in [0.25, 0.3) is 0 Å². The van der Waals surface area contributed by atoms with Crippen molar-refractivity contribution in [3.63, 3.8) is 0 Å². The highest BCUT2D eigenvalue weighted by Gasteiger charge is 2.14. The maximum absolute atomic E-state index is 11.7. The van der Waals surface area contributed by atoms with Crippen molar-refractivity contribution in [3.05, 3.63) is 27.7 Å². The number of hydrogen-bond acceptors (Lipinski definition) is 3. The van der Waals surface area contributed by atoms with Crippen LogP contribution in [0.1, 0.15) is 36.2 Å². The number of halogens is 1. The molecule has 1 aromatic carbocycles. The van der Waals surface area contributed by atoms with E-state index < -0.39 is 0 Å². The lowest BCUT2D eigenvalue weighted by Gasteiger charge is -2.09. The predicted octanol–water partition coefficient (Wildman–Crippen LogP) is 4.05. The van der Waals surface area contributed by atoms with Gasteiger partial charge in [0.05, 0.1) is 18.4 Å². The zero-order chi connectivity index (χ0) is 13.0. The number of aliphatic imine (C=N–C) groups is 1. The molecule has 0 N–H and O–H groups in total. The summed E-state index contributed by atoms with van der Waals surface area (Å²) in [5.74, 6) is -0.364. The summed E-state index contributed by atoms with van der Waals surface area (Å²) in [6, 6.07) is 3.68. The Morgan fingerprint density at radius 2 is 2.12 bits per heavy atom. The Labute approximate surface area is 110 Å². The molecule has 0 aliphatic carbocycles. The minimum atomic E-state index is -0.364. The highest BCUT2D eigenvalue weighted by atomic mass is 79.9. The summed E-state index contributed by atoms with van der Waals surface area (Å²) in [6.45, 7) is 5.91. The molecule has 0 fully saturated rings. The maximum Gasteiger partial charge on any atom is 0.340 e. The highest BCUT2D eigenvalue weighted by Crippen LogP contribution is 2.29. The summed E-state index contributed by atoms with van der Waals surface area (Å²) < 4.78 is 5.62. The van der Waals surface area contributed by atoms with E-state index in [-0.39, 0.29) is 5.97 Å². The Bertz CT molecular complexity index is 467. The maximum atomic E-state index is 11.7. The Hall–Kier alpha value is -1.16. The van der Waals surface area contributed by atoms with Crippen molar-refractivity contribution < 1.29 is 9.53 Å². The van der Waals surface area contributed by atoms with Crippen LogP contribution in [0, 0.1) is 6.92 Å². The zero-order valence-corrected chi connectivity index (χ0v) is 12.1.